The molecule has 0 radical (unpaired) electrons. The van der Waals surface area contributed by atoms with Gasteiger partial charge in [0.1, 0.15) is 6.54 Å². The lowest BCUT2D eigenvalue weighted by Gasteiger charge is -2.21. The number of hydrogen-bond acceptors (Lipinski definition) is 4. The number of halogens is 2. The Morgan fingerprint density at radius 2 is 1.48 bits per heavy atom. The van der Waals surface area contributed by atoms with E-state index in [2.05, 4.69) is 21.1 Å². The number of nitrogens with zero attached hydrogens (tertiary/aromatic N) is 1. The molecule has 1 aromatic carbocycles. The summed E-state index contributed by atoms with van der Waals surface area (Å²) in [4.78, 5) is -0.0666. The molecular formula is C12H26Cl2N2O4S. The van der Waals surface area contributed by atoms with E-state index in [1.807, 2.05) is 6.92 Å². The maximum absolute atomic E-state index is 10.5. The van der Waals surface area contributed by atoms with Crippen LogP contribution in [-0.2, 0) is 10.1 Å². The quantitative estimate of drug-likeness (QED) is 0.447. The minimum absolute atomic E-state index is 0. The Labute approximate surface area is 139 Å². The first-order valence-electron chi connectivity index (χ1n) is 5.52. The number of benzene rings is 1. The van der Waals surface area contributed by atoms with Gasteiger partial charge in [-0.2, -0.15) is 8.42 Å². The Morgan fingerprint density at radius 1 is 1.10 bits per heavy atom. The Morgan fingerprint density at radius 3 is 1.67 bits per heavy atom. The second-order valence-electron chi connectivity index (χ2n) is 5.03. The molecule has 0 bridgehead atoms. The first-order chi connectivity index (χ1) is 8.06. The van der Waals surface area contributed by atoms with Crippen molar-refractivity contribution < 1.29 is 35.0 Å². The first kappa shape index (κ1) is 28.7. The van der Waals surface area contributed by atoms with Crippen molar-refractivity contribution in [3.8, 4) is 0 Å². The number of likely N-dealkylation sites (N-methyl/N-ethyl adjacent to an activating group) is 1. The van der Waals surface area contributed by atoms with E-state index < -0.39 is 10.1 Å². The zero-order valence-corrected chi connectivity index (χ0v) is 15.2. The summed E-state index contributed by atoms with van der Waals surface area (Å²) in [5.41, 5.74) is 0.956. The first-order valence-corrected chi connectivity index (χ1v) is 6.96. The highest BCUT2D eigenvalue weighted by Crippen LogP contribution is 2.08. The number of rotatable bonds is 3. The molecule has 0 aliphatic rings. The van der Waals surface area contributed by atoms with Gasteiger partial charge >= 0.3 is 0 Å². The van der Waals surface area contributed by atoms with Gasteiger partial charge in [-0.05, 0) is 19.1 Å². The van der Waals surface area contributed by atoms with Crippen LogP contribution in [0.1, 0.15) is 5.56 Å². The lowest BCUT2D eigenvalue weighted by molar-refractivity contribution is -0.870. The smallest absolute Gasteiger partial charge is 0.294 e. The minimum Gasteiger partial charge on any atom is -1.00 e. The van der Waals surface area contributed by atoms with Crippen LogP contribution < -0.4 is 18.6 Å². The molecule has 0 saturated heterocycles. The van der Waals surface area contributed by atoms with E-state index in [1.54, 1.807) is 12.1 Å². The van der Waals surface area contributed by atoms with Gasteiger partial charge in [0.2, 0.25) is 0 Å². The summed E-state index contributed by atoms with van der Waals surface area (Å²) < 4.78 is 30.4. The van der Waals surface area contributed by atoms with E-state index in [0.717, 1.165) is 16.6 Å². The normalized spacial score (nSPS) is 10.0. The van der Waals surface area contributed by atoms with Gasteiger partial charge in [-0.3, -0.25) is 4.55 Å². The Balaban J connectivity index is -0.000000130. The fourth-order valence-corrected chi connectivity index (χ4v) is 1.49. The largest absolute Gasteiger partial charge is 1.00 e. The Bertz CT molecular complexity index is 459. The Hall–Kier alpha value is -0.410. The zero-order valence-electron chi connectivity index (χ0n) is 12.8. The van der Waals surface area contributed by atoms with Gasteiger partial charge in [0.15, 0.2) is 0 Å². The van der Waals surface area contributed by atoms with Crippen LogP contribution in [0.4, 0.5) is 0 Å². The molecule has 0 atom stereocenters. The fourth-order valence-electron chi connectivity index (χ4n) is 1.01. The second kappa shape index (κ2) is 12.2. The van der Waals surface area contributed by atoms with E-state index >= 15 is 0 Å². The molecule has 0 saturated carbocycles. The summed E-state index contributed by atoms with van der Waals surface area (Å²) >= 11 is 0. The van der Waals surface area contributed by atoms with Gasteiger partial charge in [-0.1, -0.05) is 17.7 Å². The number of aliphatic hydroxyl groups excluding tert-OH is 1. The van der Waals surface area contributed by atoms with Crippen molar-refractivity contribution in [1.29, 1.82) is 0 Å². The number of quaternary nitrogens is 1. The van der Waals surface area contributed by atoms with E-state index in [9.17, 15) is 8.42 Å². The summed E-state index contributed by atoms with van der Waals surface area (Å²) in [6.07, 6.45) is 0. The molecule has 0 aromatic heterocycles. The number of hydrogen-bond donors (Lipinski definition) is 3. The van der Waals surface area contributed by atoms with Crippen LogP contribution in [0.15, 0.2) is 29.2 Å². The lowest BCUT2D eigenvalue weighted by Crippen LogP contribution is -3.00. The number of aryl methyl sites for hydroxylation is 1. The highest BCUT2D eigenvalue weighted by Gasteiger charge is 2.06. The van der Waals surface area contributed by atoms with E-state index in [1.165, 1.54) is 12.1 Å². The standard InChI is InChI=1S/C7H8O3S.C5H14NO.2ClH.H3N/c1-6-2-4-7(5-3-6)11(8,9)10;1-6(2,3)4-5-7;;;/h2-5H,1H3,(H,8,9,10);7H,4-5H2,1-3H3;2*1H;1H3/q;+1;;;/p-1. The molecule has 0 aliphatic carbocycles. The van der Waals surface area contributed by atoms with Crippen LogP contribution in [0.25, 0.3) is 0 Å². The molecule has 0 aliphatic heterocycles. The fraction of sp³-hybridized carbons (Fsp3) is 0.500. The third kappa shape index (κ3) is 15.8. The number of aliphatic hydroxyl groups is 1. The molecule has 0 amide bonds. The average molecular weight is 365 g/mol. The van der Waals surface area contributed by atoms with Crippen molar-refractivity contribution in [3.63, 3.8) is 0 Å². The molecule has 6 nitrogen and oxygen atoms in total. The predicted octanol–water partition coefficient (Wildman–Crippen LogP) is -1.49. The SMILES string of the molecule is C[N+](C)(C)CCO.Cc1ccc(S(=O)(=O)O)cc1.Cl.N.[Cl-]. The van der Waals surface area contributed by atoms with Gasteiger partial charge in [0, 0.05) is 0 Å². The molecular weight excluding hydrogens is 339 g/mol. The van der Waals surface area contributed by atoms with E-state index in [0.29, 0.717) is 0 Å². The van der Waals surface area contributed by atoms with Crippen LogP contribution in [0.2, 0.25) is 0 Å². The van der Waals surface area contributed by atoms with Crippen molar-refractivity contribution in [3.05, 3.63) is 29.8 Å². The predicted molar refractivity (Wildman–Crippen MR) is 83.2 cm³/mol. The molecule has 128 valence electrons. The third-order valence-corrected chi connectivity index (χ3v) is 2.96. The topological polar surface area (TPSA) is 110 Å². The molecule has 21 heavy (non-hydrogen) atoms. The second-order valence-corrected chi connectivity index (χ2v) is 6.45. The van der Waals surface area contributed by atoms with Crippen molar-refractivity contribution in [2.24, 2.45) is 0 Å². The average Bonchev–Trinajstić information content (AvgIpc) is 2.15. The van der Waals surface area contributed by atoms with Crippen LogP contribution in [0.3, 0.4) is 0 Å². The van der Waals surface area contributed by atoms with Gasteiger partial charge in [0.05, 0.1) is 32.6 Å². The van der Waals surface area contributed by atoms with Crippen molar-refractivity contribution >= 4 is 22.5 Å². The van der Waals surface area contributed by atoms with Crippen molar-refractivity contribution in [1.82, 2.24) is 6.15 Å². The van der Waals surface area contributed by atoms with Crippen LogP contribution in [0.5, 0.6) is 0 Å². The maximum Gasteiger partial charge on any atom is 0.294 e. The Kier molecular flexibility index (Phi) is 16.6. The zero-order chi connectivity index (χ0) is 14.4. The summed E-state index contributed by atoms with van der Waals surface area (Å²) in [6, 6.07) is 5.99. The molecule has 0 fully saturated rings. The minimum atomic E-state index is -4.02. The van der Waals surface area contributed by atoms with E-state index in [-0.39, 0.29) is 42.5 Å². The van der Waals surface area contributed by atoms with Crippen LogP contribution >= 0.6 is 12.4 Å². The highest BCUT2D eigenvalue weighted by atomic mass is 35.5. The molecule has 9 heteroatoms. The summed E-state index contributed by atoms with van der Waals surface area (Å²) in [5, 5.41) is 8.39. The maximum atomic E-state index is 10.5. The highest BCUT2D eigenvalue weighted by molar-refractivity contribution is 7.85. The van der Waals surface area contributed by atoms with Crippen molar-refractivity contribution in [2.45, 2.75) is 11.8 Å². The monoisotopic (exact) mass is 364 g/mol. The van der Waals surface area contributed by atoms with Crippen molar-refractivity contribution in [2.75, 3.05) is 34.3 Å². The third-order valence-electron chi connectivity index (χ3n) is 2.09. The lowest BCUT2D eigenvalue weighted by atomic mass is 10.2. The molecule has 0 heterocycles. The van der Waals surface area contributed by atoms with E-state index in [4.69, 9.17) is 9.66 Å². The molecule has 0 unspecified atom stereocenters. The van der Waals surface area contributed by atoms with Gasteiger partial charge in [0.25, 0.3) is 10.1 Å². The summed E-state index contributed by atoms with van der Waals surface area (Å²) in [6.45, 7) is 2.96. The summed E-state index contributed by atoms with van der Waals surface area (Å²) in [7, 11) is 2.14. The molecule has 1 rings (SSSR count). The van der Waals surface area contributed by atoms with Gasteiger partial charge in [-0.25, -0.2) is 0 Å². The van der Waals surface area contributed by atoms with Crippen LogP contribution in [0, 0.1) is 6.92 Å². The molecule has 0 spiro atoms. The van der Waals surface area contributed by atoms with Gasteiger partial charge < -0.3 is 28.1 Å². The molecule has 5 N–H and O–H groups in total. The van der Waals surface area contributed by atoms with Crippen LogP contribution in [-0.4, -0.2) is 56.9 Å². The van der Waals surface area contributed by atoms with Gasteiger partial charge in [-0.15, -0.1) is 12.4 Å². The molecule has 1 aromatic rings. The summed E-state index contributed by atoms with van der Waals surface area (Å²) in [5.74, 6) is 0.